The Morgan fingerprint density at radius 3 is 2.72 bits per heavy atom. The second-order valence-electron chi connectivity index (χ2n) is 5.74. The molecule has 0 bridgehead atoms. The quantitative estimate of drug-likeness (QED) is 0.785. The lowest BCUT2D eigenvalue weighted by molar-refractivity contribution is -0.118. The summed E-state index contributed by atoms with van der Waals surface area (Å²) in [5.74, 6) is 0.806. The van der Waals surface area contributed by atoms with Gasteiger partial charge >= 0.3 is 0 Å². The Kier molecular flexibility index (Phi) is 5.17. The number of rotatable bonds is 7. The number of nitriles is 1. The number of nitrogens with one attached hydrogen (secondary N) is 1. The molecule has 0 saturated carbocycles. The molecule has 1 unspecified atom stereocenters. The zero-order chi connectivity index (χ0) is 17.6. The Hall–Kier alpha value is -3.04. The fourth-order valence-corrected chi connectivity index (χ4v) is 2.15. The van der Waals surface area contributed by atoms with E-state index < -0.39 is 0 Å². The highest BCUT2D eigenvalue weighted by Crippen LogP contribution is 2.23. The monoisotopic (exact) mass is 338 g/mol. The maximum absolute atomic E-state index is 12.0. The molecule has 1 aliphatic rings. The summed E-state index contributed by atoms with van der Waals surface area (Å²) >= 11 is 0. The van der Waals surface area contributed by atoms with Gasteiger partial charge in [-0.15, -0.1) is 0 Å². The standard InChI is InChI=1S/C19H18N2O4/c1-13-2-5-16(6-3-13)24-12-19(22)21-15-4-7-18(14(8-15)9-20)25-11-17-10-23-17/h2-8,17H,10-12H2,1H3,(H,21,22). The van der Waals surface area contributed by atoms with Gasteiger partial charge in [0.05, 0.1) is 12.2 Å². The van der Waals surface area contributed by atoms with E-state index in [4.69, 9.17) is 14.2 Å². The molecule has 1 atom stereocenters. The van der Waals surface area contributed by atoms with E-state index in [2.05, 4.69) is 11.4 Å². The molecule has 1 aliphatic heterocycles. The fourth-order valence-electron chi connectivity index (χ4n) is 2.15. The van der Waals surface area contributed by atoms with Crippen LogP contribution in [-0.4, -0.2) is 31.8 Å². The Morgan fingerprint density at radius 2 is 2.04 bits per heavy atom. The molecular formula is C19H18N2O4. The molecule has 6 nitrogen and oxygen atoms in total. The van der Waals surface area contributed by atoms with E-state index in [1.165, 1.54) is 0 Å². The molecule has 0 aliphatic carbocycles. The molecule has 0 radical (unpaired) electrons. The van der Waals surface area contributed by atoms with Gasteiger partial charge in [-0.3, -0.25) is 4.79 Å². The predicted molar refractivity (Wildman–Crippen MR) is 91.7 cm³/mol. The summed E-state index contributed by atoms with van der Waals surface area (Å²) in [6, 6.07) is 14.4. The number of carbonyl (C=O) groups excluding carboxylic acids is 1. The molecule has 2 aromatic rings. The van der Waals surface area contributed by atoms with Gasteiger partial charge in [0.2, 0.25) is 0 Å². The van der Waals surface area contributed by atoms with Crippen molar-refractivity contribution >= 4 is 11.6 Å². The van der Waals surface area contributed by atoms with Gasteiger partial charge in [0.15, 0.2) is 6.61 Å². The van der Waals surface area contributed by atoms with Gasteiger partial charge in [0.25, 0.3) is 5.91 Å². The van der Waals surface area contributed by atoms with Crippen molar-refractivity contribution in [3.63, 3.8) is 0 Å². The highest BCUT2D eigenvalue weighted by Gasteiger charge is 2.23. The molecule has 2 aromatic carbocycles. The average Bonchev–Trinajstić information content (AvgIpc) is 3.44. The van der Waals surface area contributed by atoms with Crippen LogP contribution < -0.4 is 14.8 Å². The lowest BCUT2D eigenvalue weighted by Crippen LogP contribution is -2.20. The van der Waals surface area contributed by atoms with Gasteiger partial charge in [-0.1, -0.05) is 17.7 Å². The molecule has 3 rings (SSSR count). The smallest absolute Gasteiger partial charge is 0.262 e. The SMILES string of the molecule is Cc1ccc(OCC(=O)Nc2ccc(OCC3CO3)c(C#N)c2)cc1. The number of nitrogens with zero attached hydrogens (tertiary/aromatic N) is 1. The second kappa shape index (κ2) is 7.69. The van der Waals surface area contributed by atoms with Crippen molar-refractivity contribution in [1.29, 1.82) is 5.26 Å². The summed E-state index contributed by atoms with van der Waals surface area (Å²) < 4.78 is 16.0. The van der Waals surface area contributed by atoms with E-state index in [1.807, 2.05) is 31.2 Å². The number of benzene rings is 2. The second-order valence-corrected chi connectivity index (χ2v) is 5.74. The van der Waals surface area contributed by atoms with Gasteiger partial charge in [-0.2, -0.15) is 5.26 Å². The van der Waals surface area contributed by atoms with Gasteiger partial charge in [-0.05, 0) is 37.3 Å². The lowest BCUT2D eigenvalue weighted by Gasteiger charge is -2.10. The number of amides is 1. The van der Waals surface area contributed by atoms with Crippen molar-refractivity contribution < 1.29 is 19.0 Å². The summed E-state index contributed by atoms with van der Waals surface area (Å²) in [6.45, 7) is 2.98. The Labute approximate surface area is 145 Å². The number of ether oxygens (including phenoxy) is 3. The van der Waals surface area contributed by atoms with Crippen molar-refractivity contribution in [1.82, 2.24) is 0 Å². The Bertz CT molecular complexity index is 792. The maximum atomic E-state index is 12.0. The number of carbonyl (C=O) groups is 1. The zero-order valence-corrected chi connectivity index (χ0v) is 13.8. The van der Waals surface area contributed by atoms with E-state index >= 15 is 0 Å². The van der Waals surface area contributed by atoms with Crippen LogP contribution in [-0.2, 0) is 9.53 Å². The summed E-state index contributed by atoms with van der Waals surface area (Å²) in [7, 11) is 0. The summed E-state index contributed by atoms with van der Waals surface area (Å²) in [4.78, 5) is 12.0. The minimum Gasteiger partial charge on any atom is -0.489 e. The van der Waals surface area contributed by atoms with E-state index in [1.54, 1.807) is 18.2 Å². The lowest BCUT2D eigenvalue weighted by atomic mass is 10.2. The van der Waals surface area contributed by atoms with Gasteiger partial charge in [0, 0.05) is 5.69 Å². The van der Waals surface area contributed by atoms with Crippen LogP contribution in [0.4, 0.5) is 5.69 Å². The van der Waals surface area contributed by atoms with Crippen LogP contribution >= 0.6 is 0 Å². The average molecular weight is 338 g/mol. The maximum Gasteiger partial charge on any atom is 0.262 e. The molecule has 6 heteroatoms. The van der Waals surface area contributed by atoms with Gasteiger partial charge in [-0.25, -0.2) is 0 Å². The largest absolute Gasteiger partial charge is 0.489 e. The number of epoxide rings is 1. The van der Waals surface area contributed by atoms with Crippen molar-refractivity contribution in [3.8, 4) is 17.6 Å². The van der Waals surface area contributed by atoms with E-state index in [0.717, 1.165) is 5.56 Å². The molecule has 0 aromatic heterocycles. The molecule has 1 amide bonds. The first-order chi connectivity index (χ1) is 12.1. The van der Waals surface area contributed by atoms with Crippen LogP contribution in [0.25, 0.3) is 0 Å². The predicted octanol–water partition coefficient (Wildman–Crippen LogP) is 2.66. The summed E-state index contributed by atoms with van der Waals surface area (Å²) in [6.07, 6.45) is 0.116. The van der Waals surface area contributed by atoms with Crippen LogP contribution in [0, 0.1) is 18.3 Å². The molecule has 1 heterocycles. The summed E-state index contributed by atoms with van der Waals surface area (Å²) in [5.41, 5.74) is 2.00. The molecule has 1 N–H and O–H groups in total. The van der Waals surface area contributed by atoms with Gasteiger partial charge in [0.1, 0.15) is 30.3 Å². The Balaban J connectivity index is 1.54. The van der Waals surface area contributed by atoms with E-state index in [-0.39, 0.29) is 18.6 Å². The van der Waals surface area contributed by atoms with Gasteiger partial charge < -0.3 is 19.5 Å². The van der Waals surface area contributed by atoms with Crippen molar-refractivity contribution in [3.05, 3.63) is 53.6 Å². The third-order valence-corrected chi connectivity index (χ3v) is 3.60. The van der Waals surface area contributed by atoms with Crippen LogP contribution in [0.5, 0.6) is 11.5 Å². The highest BCUT2D eigenvalue weighted by molar-refractivity contribution is 5.92. The van der Waals surface area contributed by atoms with Crippen LogP contribution in [0.1, 0.15) is 11.1 Å². The van der Waals surface area contributed by atoms with E-state index in [9.17, 15) is 10.1 Å². The van der Waals surface area contributed by atoms with Crippen molar-refractivity contribution in [2.75, 3.05) is 25.1 Å². The first kappa shape index (κ1) is 16.8. The molecule has 1 saturated heterocycles. The molecule has 25 heavy (non-hydrogen) atoms. The molecule has 0 spiro atoms. The third-order valence-electron chi connectivity index (χ3n) is 3.60. The first-order valence-corrected chi connectivity index (χ1v) is 7.92. The van der Waals surface area contributed by atoms with Crippen LogP contribution in [0.3, 0.4) is 0 Å². The van der Waals surface area contributed by atoms with Crippen LogP contribution in [0.15, 0.2) is 42.5 Å². The number of hydrogen-bond donors (Lipinski definition) is 1. The van der Waals surface area contributed by atoms with Crippen molar-refractivity contribution in [2.45, 2.75) is 13.0 Å². The summed E-state index contributed by atoms with van der Waals surface area (Å²) in [5, 5.41) is 11.9. The first-order valence-electron chi connectivity index (χ1n) is 7.92. The fraction of sp³-hybridized carbons (Fsp3) is 0.263. The number of anilines is 1. The normalized spacial score (nSPS) is 15.1. The topological polar surface area (TPSA) is 83.9 Å². The van der Waals surface area contributed by atoms with Crippen molar-refractivity contribution in [2.24, 2.45) is 0 Å². The molecular weight excluding hydrogens is 320 g/mol. The minimum atomic E-state index is -0.301. The highest BCUT2D eigenvalue weighted by atomic mass is 16.6. The minimum absolute atomic E-state index is 0.109. The Morgan fingerprint density at radius 1 is 1.28 bits per heavy atom. The number of aryl methyl sites for hydroxylation is 1. The zero-order valence-electron chi connectivity index (χ0n) is 13.8. The third kappa shape index (κ3) is 4.96. The molecule has 1 fully saturated rings. The van der Waals surface area contributed by atoms with Crippen LogP contribution in [0.2, 0.25) is 0 Å². The molecule has 128 valence electrons. The number of hydrogen-bond acceptors (Lipinski definition) is 5. The van der Waals surface area contributed by atoms with E-state index in [0.29, 0.717) is 36.0 Å².